The standard InChI is InChI=1S/C6H6ClN2/c1-8-6-4-2-3-5(7)9-6/h2-4H,1H2,(H,8,9). The van der Waals surface area contributed by atoms with E-state index in [-0.39, 0.29) is 0 Å². The van der Waals surface area contributed by atoms with Crippen LogP contribution in [-0.4, -0.2) is 4.98 Å². The molecule has 0 aliphatic carbocycles. The second-order valence-corrected chi connectivity index (χ2v) is 1.91. The van der Waals surface area contributed by atoms with Gasteiger partial charge in [-0.15, -0.1) is 0 Å². The lowest BCUT2D eigenvalue weighted by Gasteiger charge is -1.95. The number of anilines is 1. The highest BCUT2D eigenvalue weighted by atomic mass is 35.5. The van der Waals surface area contributed by atoms with E-state index in [1.54, 1.807) is 12.1 Å². The normalized spacial score (nSPS) is 9.11. The topological polar surface area (TPSA) is 24.9 Å². The summed E-state index contributed by atoms with van der Waals surface area (Å²) >= 11 is 5.54. The Labute approximate surface area is 58.9 Å². The minimum absolute atomic E-state index is 0.476. The van der Waals surface area contributed by atoms with Gasteiger partial charge >= 0.3 is 0 Å². The number of pyridine rings is 1. The molecule has 2 nitrogen and oxygen atoms in total. The smallest absolute Gasteiger partial charge is 0.131 e. The van der Waals surface area contributed by atoms with Gasteiger partial charge in [0.1, 0.15) is 11.0 Å². The number of nitrogens with one attached hydrogen (secondary N) is 1. The number of aromatic nitrogens is 1. The SMILES string of the molecule is [CH2]Nc1cccc(Cl)n1. The Hall–Kier alpha value is -0.760. The molecule has 1 rings (SSSR count). The number of hydrogen-bond acceptors (Lipinski definition) is 2. The lowest BCUT2D eigenvalue weighted by molar-refractivity contribution is 1.31. The lowest BCUT2D eigenvalue weighted by atomic mass is 10.5. The molecule has 1 radical (unpaired) electrons. The number of halogens is 1. The first-order valence-electron chi connectivity index (χ1n) is 2.48. The third-order valence-corrected chi connectivity index (χ3v) is 1.11. The third-order valence-electron chi connectivity index (χ3n) is 0.896. The lowest BCUT2D eigenvalue weighted by Crippen LogP contribution is -1.87. The summed E-state index contributed by atoms with van der Waals surface area (Å²) in [5.74, 6) is 0.683. The number of nitrogens with zero attached hydrogens (tertiary/aromatic N) is 1. The Bertz CT molecular complexity index is 200. The molecule has 0 unspecified atom stereocenters. The quantitative estimate of drug-likeness (QED) is 0.605. The Morgan fingerprint density at radius 1 is 1.56 bits per heavy atom. The van der Waals surface area contributed by atoms with Crippen LogP contribution in [0.5, 0.6) is 0 Å². The van der Waals surface area contributed by atoms with Crippen LogP contribution in [0.3, 0.4) is 0 Å². The Morgan fingerprint density at radius 2 is 2.33 bits per heavy atom. The van der Waals surface area contributed by atoms with Gasteiger partial charge in [0.05, 0.1) is 0 Å². The second-order valence-electron chi connectivity index (χ2n) is 1.52. The predicted molar refractivity (Wildman–Crippen MR) is 38.2 cm³/mol. The van der Waals surface area contributed by atoms with Crippen molar-refractivity contribution in [1.82, 2.24) is 4.98 Å². The molecule has 0 saturated carbocycles. The summed E-state index contributed by atoms with van der Waals surface area (Å²) < 4.78 is 0. The van der Waals surface area contributed by atoms with Crippen molar-refractivity contribution in [2.75, 3.05) is 5.32 Å². The molecule has 3 heteroatoms. The molecule has 1 aromatic heterocycles. The minimum Gasteiger partial charge on any atom is -0.368 e. The fourth-order valence-electron chi connectivity index (χ4n) is 0.507. The molecule has 0 bridgehead atoms. The van der Waals surface area contributed by atoms with Gasteiger partial charge in [-0.25, -0.2) is 4.98 Å². The predicted octanol–water partition coefficient (Wildman–Crippen LogP) is 1.94. The van der Waals surface area contributed by atoms with Gasteiger partial charge < -0.3 is 5.32 Å². The van der Waals surface area contributed by atoms with E-state index in [1.165, 1.54) is 0 Å². The van der Waals surface area contributed by atoms with Gasteiger partial charge in [0.25, 0.3) is 0 Å². The molecular formula is C6H6ClN2. The van der Waals surface area contributed by atoms with Crippen molar-refractivity contribution in [2.45, 2.75) is 0 Å². The fraction of sp³-hybridized carbons (Fsp3) is 0. The van der Waals surface area contributed by atoms with E-state index >= 15 is 0 Å². The maximum Gasteiger partial charge on any atom is 0.131 e. The Balaban J connectivity index is 2.94. The third kappa shape index (κ3) is 1.57. The maximum atomic E-state index is 5.54. The van der Waals surface area contributed by atoms with Crippen molar-refractivity contribution >= 4 is 17.4 Å². The van der Waals surface area contributed by atoms with E-state index in [9.17, 15) is 0 Å². The van der Waals surface area contributed by atoms with Gasteiger partial charge in [-0.2, -0.15) is 0 Å². The zero-order valence-corrected chi connectivity index (χ0v) is 5.52. The summed E-state index contributed by atoms with van der Waals surface area (Å²) in [7, 11) is 3.43. The average Bonchev–Trinajstić information content (AvgIpc) is 1.88. The highest BCUT2D eigenvalue weighted by Gasteiger charge is 1.88. The molecule has 0 saturated heterocycles. The van der Waals surface area contributed by atoms with Gasteiger partial charge in [0.15, 0.2) is 0 Å². The van der Waals surface area contributed by atoms with Gasteiger partial charge in [-0.1, -0.05) is 17.7 Å². The highest BCUT2D eigenvalue weighted by molar-refractivity contribution is 6.29. The monoisotopic (exact) mass is 141 g/mol. The Morgan fingerprint density at radius 3 is 2.78 bits per heavy atom. The van der Waals surface area contributed by atoms with E-state index in [0.29, 0.717) is 11.0 Å². The molecular weight excluding hydrogens is 136 g/mol. The summed E-state index contributed by atoms with van der Waals surface area (Å²) in [4.78, 5) is 3.88. The molecule has 0 aliphatic rings. The molecule has 9 heavy (non-hydrogen) atoms. The first kappa shape index (κ1) is 6.36. The van der Waals surface area contributed by atoms with Crippen LogP contribution in [0, 0.1) is 7.05 Å². The first-order chi connectivity index (χ1) is 4.33. The largest absolute Gasteiger partial charge is 0.368 e. The van der Waals surface area contributed by atoms with Crippen molar-refractivity contribution < 1.29 is 0 Å². The van der Waals surface area contributed by atoms with Crippen molar-refractivity contribution in [3.63, 3.8) is 0 Å². The molecule has 0 amide bonds. The van der Waals surface area contributed by atoms with Crippen LogP contribution in [0.2, 0.25) is 5.15 Å². The van der Waals surface area contributed by atoms with E-state index in [4.69, 9.17) is 11.6 Å². The summed E-state index contributed by atoms with van der Waals surface area (Å²) in [6.07, 6.45) is 0. The van der Waals surface area contributed by atoms with Crippen LogP contribution in [0.1, 0.15) is 0 Å². The van der Waals surface area contributed by atoms with Crippen LogP contribution < -0.4 is 5.32 Å². The molecule has 47 valence electrons. The van der Waals surface area contributed by atoms with Crippen molar-refractivity contribution in [3.8, 4) is 0 Å². The molecule has 0 aromatic carbocycles. The minimum atomic E-state index is 0.476. The van der Waals surface area contributed by atoms with E-state index in [1.807, 2.05) is 6.07 Å². The zero-order chi connectivity index (χ0) is 6.69. The van der Waals surface area contributed by atoms with Crippen LogP contribution in [-0.2, 0) is 0 Å². The summed E-state index contributed by atoms with van der Waals surface area (Å²) in [6.45, 7) is 0. The zero-order valence-electron chi connectivity index (χ0n) is 4.76. The summed E-state index contributed by atoms with van der Waals surface area (Å²) in [6, 6.07) is 5.31. The van der Waals surface area contributed by atoms with Gasteiger partial charge in [-0.3, -0.25) is 0 Å². The van der Waals surface area contributed by atoms with E-state index in [0.717, 1.165) is 0 Å². The Kier molecular flexibility index (Phi) is 1.90. The van der Waals surface area contributed by atoms with Crippen LogP contribution in [0.15, 0.2) is 18.2 Å². The number of rotatable bonds is 1. The van der Waals surface area contributed by atoms with Crippen molar-refractivity contribution in [3.05, 3.63) is 30.4 Å². The molecule has 1 N–H and O–H groups in total. The van der Waals surface area contributed by atoms with E-state index < -0.39 is 0 Å². The van der Waals surface area contributed by atoms with Crippen LogP contribution >= 0.6 is 11.6 Å². The molecule has 0 fully saturated rings. The summed E-state index contributed by atoms with van der Waals surface area (Å²) in [5.41, 5.74) is 0. The average molecular weight is 142 g/mol. The highest BCUT2D eigenvalue weighted by Crippen LogP contribution is 2.07. The van der Waals surface area contributed by atoms with E-state index in [2.05, 4.69) is 17.3 Å². The first-order valence-corrected chi connectivity index (χ1v) is 2.86. The molecule has 0 atom stereocenters. The molecule has 1 aromatic rings. The van der Waals surface area contributed by atoms with Gasteiger partial charge in [0, 0.05) is 7.05 Å². The number of hydrogen-bond donors (Lipinski definition) is 1. The van der Waals surface area contributed by atoms with Crippen molar-refractivity contribution in [2.24, 2.45) is 0 Å². The molecule has 0 aliphatic heterocycles. The fourth-order valence-corrected chi connectivity index (χ4v) is 0.671. The van der Waals surface area contributed by atoms with Crippen molar-refractivity contribution in [1.29, 1.82) is 0 Å². The maximum absolute atomic E-state index is 5.54. The van der Waals surface area contributed by atoms with Gasteiger partial charge in [0.2, 0.25) is 0 Å². The van der Waals surface area contributed by atoms with Crippen LogP contribution in [0.4, 0.5) is 5.82 Å². The van der Waals surface area contributed by atoms with Gasteiger partial charge in [-0.05, 0) is 12.1 Å². The molecule has 0 spiro atoms. The van der Waals surface area contributed by atoms with Crippen LogP contribution in [0.25, 0.3) is 0 Å². The molecule has 1 heterocycles. The summed E-state index contributed by atoms with van der Waals surface area (Å²) in [5, 5.41) is 3.10. The second kappa shape index (κ2) is 2.69.